The van der Waals surface area contributed by atoms with E-state index in [-0.39, 0.29) is 24.5 Å². The smallest absolute Gasteiger partial charge is 0.318 e. The molecule has 1 heterocycles. The van der Waals surface area contributed by atoms with Gasteiger partial charge in [-0.25, -0.2) is 9.18 Å². The minimum Gasteiger partial charge on any atom is -0.497 e. The van der Waals surface area contributed by atoms with Crippen LogP contribution in [0.15, 0.2) is 53.7 Å². The van der Waals surface area contributed by atoms with Crippen molar-refractivity contribution in [1.82, 2.24) is 10.2 Å². The molecule has 1 N–H and O–H groups in total. The summed E-state index contributed by atoms with van der Waals surface area (Å²) in [5, 5.41) is 7.18. The van der Waals surface area contributed by atoms with Crippen LogP contribution in [-0.4, -0.2) is 41.9 Å². The summed E-state index contributed by atoms with van der Waals surface area (Å²) < 4.78 is 18.8. The maximum atomic E-state index is 13.6. The van der Waals surface area contributed by atoms with Crippen LogP contribution in [0.4, 0.5) is 9.18 Å². The molecule has 0 aromatic heterocycles. The number of rotatable bonds is 6. The van der Waals surface area contributed by atoms with Gasteiger partial charge in [0.2, 0.25) is 0 Å². The van der Waals surface area contributed by atoms with Crippen LogP contribution in [0, 0.1) is 5.82 Å². The van der Waals surface area contributed by atoms with Crippen molar-refractivity contribution < 1.29 is 18.8 Å². The van der Waals surface area contributed by atoms with Crippen molar-refractivity contribution in [3.8, 4) is 5.75 Å². The van der Waals surface area contributed by atoms with E-state index in [1.54, 1.807) is 24.1 Å². The van der Waals surface area contributed by atoms with Gasteiger partial charge < -0.3 is 19.8 Å². The van der Waals surface area contributed by atoms with E-state index in [0.717, 1.165) is 17.0 Å². The molecule has 0 radical (unpaired) electrons. The van der Waals surface area contributed by atoms with Crippen molar-refractivity contribution in [3.05, 3.63) is 65.5 Å². The number of nitrogens with zero attached hydrogens (tertiary/aromatic N) is 2. The number of hydrogen-bond acceptors (Lipinski definition) is 4. The van der Waals surface area contributed by atoms with Gasteiger partial charge in [0, 0.05) is 18.5 Å². The van der Waals surface area contributed by atoms with Gasteiger partial charge in [0.05, 0.1) is 19.4 Å². The summed E-state index contributed by atoms with van der Waals surface area (Å²) >= 11 is 0. The van der Waals surface area contributed by atoms with Crippen molar-refractivity contribution >= 4 is 11.7 Å². The first kappa shape index (κ1) is 21.6. The third-order valence-electron chi connectivity index (χ3n) is 4.61. The van der Waals surface area contributed by atoms with Gasteiger partial charge in [-0.1, -0.05) is 17.3 Å². The zero-order chi connectivity index (χ0) is 21.7. The molecular formula is C23H28FN3O3. The Morgan fingerprint density at radius 2 is 2.00 bits per heavy atom. The number of amides is 2. The number of ether oxygens (including phenoxy) is 1. The number of benzene rings is 2. The van der Waals surface area contributed by atoms with Crippen LogP contribution in [0.3, 0.4) is 0 Å². The molecule has 1 aliphatic heterocycles. The van der Waals surface area contributed by atoms with Crippen molar-refractivity contribution in [3.63, 3.8) is 0 Å². The summed E-state index contributed by atoms with van der Waals surface area (Å²) in [5.41, 5.74) is 2.10. The van der Waals surface area contributed by atoms with Crippen LogP contribution in [0.5, 0.6) is 5.75 Å². The number of methoxy groups -OCH3 is 1. The highest BCUT2D eigenvalue weighted by molar-refractivity contribution is 6.01. The summed E-state index contributed by atoms with van der Waals surface area (Å²) in [4.78, 5) is 20.1. The fourth-order valence-corrected chi connectivity index (χ4v) is 3.20. The van der Waals surface area contributed by atoms with Crippen LogP contribution < -0.4 is 10.1 Å². The molecule has 2 amide bonds. The molecule has 2 aromatic carbocycles. The number of nitrogens with one attached hydrogen (secondary N) is 1. The molecule has 1 atom stereocenters. The number of oxime groups is 1. The van der Waals surface area contributed by atoms with Crippen molar-refractivity contribution in [2.45, 2.75) is 45.4 Å². The van der Waals surface area contributed by atoms with E-state index in [0.29, 0.717) is 18.5 Å². The summed E-state index contributed by atoms with van der Waals surface area (Å²) in [6.07, 6.45) is 0.302. The number of carbonyl (C=O) groups is 1. The summed E-state index contributed by atoms with van der Waals surface area (Å²) in [6.45, 7) is 6.37. The minimum absolute atomic E-state index is 0.228. The molecule has 0 fully saturated rings. The molecule has 2 aromatic rings. The van der Waals surface area contributed by atoms with Gasteiger partial charge in [-0.3, -0.25) is 0 Å². The van der Waals surface area contributed by atoms with Gasteiger partial charge in [-0.05, 0) is 68.3 Å². The first-order valence-corrected chi connectivity index (χ1v) is 9.92. The Morgan fingerprint density at radius 1 is 1.27 bits per heavy atom. The van der Waals surface area contributed by atoms with Crippen LogP contribution in [0.2, 0.25) is 0 Å². The van der Waals surface area contributed by atoms with E-state index in [2.05, 4.69) is 10.5 Å². The molecular weight excluding hydrogens is 385 g/mol. The largest absolute Gasteiger partial charge is 0.497 e. The number of urea groups is 1. The quantitative estimate of drug-likeness (QED) is 0.766. The summed E-state index contributed by atoms with van der Waals surface area (Å²) in [7, 11) is 1.62. The van der Waals surface area contributed by atoms with Gasteiger partial charge in [0.25, 0.3) is 0 Å². The van der Waals surface area contributed by atoms with E-state index >= 15 is 0 Å². The minimum atomic E-state index is -0.390. The first-order valence-electron chi connectivity index (χ1n) is 9.92. The molecule has 7 heteroatoms. The zero-order valence-electron chi connectivity index (χ0n) is 17.8. The van der Waals surface area contributed by atoms with Crippen LogP contribution in [0.1, 0.15) is 38.3 Å². The average molecular weight is 413 g/mol. The lowest BCUT2D eigenvalue weighted by Gasteiger charge is -2.29. The Labute approximate surface area is 176 Å². The predicted molar refractivity (Wildman–Crippen MR) is 114 cm³/mol. The topological polar surface area (TPSA) is 63.2 Å². The number of carbonyl (C=O) groups excluding carboxylic acids is 1. The van der Waals surface area contributed by atoms with Crippen molar-refractivity contribution in [2.24, 2.45) is 5.16 Å². The lowest BCUT2D eigenvalue weighted by molar-refractivity contribution is 0.0580. The normalized spacial score (nSPS) is 15.9. The van der Waals surface area contributed by atoms with Crippen molar-refractivity contribution in [1.29, 1.82) is 0 Å². The van der Waals surface area contributed by atoms with E-state index < -0.39 is 5.54 Å². The molecule has 6 nitrogen and oxygen atoms in total. The fourth-order valence-electron chi connectivity index (χ4n) is 3.20. The van der Waals surface area contributed by atoms with E-state index in [1.165, 1.54) is 12.1 Å². The lowest BCUT2D eigenvalue weighted by atomic mass is 10.0. The van der Waals surface area contributed by atoms with Gasteiger partial charge >= 0.3 is 6.03 Å². The standard InChI is InChI=1S/C23H28FN3O3/c1-23(2,3)25-22(28)27(14-16-6-5-7-18(24)12-16)15-20-13-21(26-30-20)17-8-10-19(29-4)11-9-17/h5-12,20H,13-15H2,1-4H3,(H,25,28)/t20-/m1/s1. The Bertz CT molecular complexity index is 907. The first-order chi connectivity index (χ1) is 14.2. The molecule has 160 valence electrons. The molecule has 0 bridgehead atoms. The average Bonchev–Trinajstić information content (AvgIpc) is 3.15. The van der Waals surface area contributed by atoms with Gasteiger partial charge in [-0.2, -0.15) is 0 Å². The Hall–Kier alpha value is -3.09. The van der Waals surface area contributed by atoms with Crippen molar-refractivity contribution in [2.75, 3.05) is 13.7 Å². The third kappa shape index (κ3) is 5.95. The Kier molecular flexibility index (Phi) is 6.59. The van der Waals surface area contributed by atoms with Crippen LogP contribution >= 0.6 is 0 Å². The molecule has 0 unspecified atom stereocenters. The van der Waals surface area contributed by atoms with E-state index in [4.69, 9.17) is 9.57 Å². The molecule has 0 aliphatic carbocycles. The second-order valence-corrected chi connectivity index (χ2v) is 8.39. The van der Waals surface area contributed by atoms with E-state index in [1.807, 2.05) is 45.0 Å². The third-order valence-corrected chi connectivity index (χ3v) is 4.61. The monoisotopic (exact) mass is 413 g/mol. The van der Waals surface area contributed by atoms with Gasteiger partial charge in [-0.15, -0.1) is 0 Å². The predicted octanol–water partition coefficient (Wildman–Crippen LogP) is 4.34. The molecule has 0 saturated heterocycles. The molecule has 3 rings (SSSR count). The highest BCUT2D eigenvalue weighted by Gasteiger charge is 2.28. The lowest BCUT2D eigenvalue weighted by Crippen LogP contribution is -2.50. The maximum absolute atomic E-state index is 13.6. The van der Waals surface area contributed by atoms with Gasteiger partial charge in [0.1, 0.15) is 11.6 Å². The summed E-state index contributed by atoms with van der Waals surface area (Å²) in [6, 6.07) is 13.6. The Morgan fingerprint density at radius 3 is 2.63 bits per heavy atom. The highest BCUT2D eigenvalue weighted by atomic mass is 19.1. The Balaban J connectivity index is 1.69. The maximum Gasteiger partial charge on any atom is 0.318 e. The van der Waals surface area contributed by atoms with Crippen LogP contribution in [-0.2, 0) is 11.4 Å². The van der Waals surface area contributed by atoms with E-state index in [9.17, 15) is 9.18 Å². The highest BCUT2D eigenvalue weighted by Crippen LogP contribution is 2.21. The molecule has 0 spiro atoms. The molecule has 1 aliphatic rings. The molecule has 0 saturated carbocycles. The summed E-state index contributed by atoms with van der Waals surface area (Å²) in [5.74, 6) is 0.445. The van der Waals surface area contributed by atoms with Gasteiger partial charge in [0.15, 0.2) is 6.10 Å². The van der Waals surface area contributed by atoms with Crippen LogP contribution in [0.25, 0.3) is 0 Å². The second-order valence-electron chi connectivity index (χ2n) is 8.39. The number of halogens is 1. The fraction of sp³-hybridized carbons (Fsp3) is 0.391. The SMILES string of the molecule is COc1ccc(C2=NO[C@@H](CN(Cc3cccc(F)c3)C(=O)NC(C)(C)C)C2)cc1. The second kappa shape index (κ2) is 9.15. The zero-order valence-corrected chi connectivity index (χ0v) is 17.8. The number of hydrogen-bond donors (Lipinski definition) is 1. The molecule has 30 heavy (non-hydrogen) atoms.